The highest BCUT2D eigenvalue weighted by Crippen LogP contribution is 2.18. The summed E-state index contributed by atoms with van der Waals surface area (Å²) in [5.41, 5.74) is 1.11. The van der Waals surface area contributed by atoms with Crippen LogP contribution in [0.2, 0.25) is 0 Å². The SMILES string of the molecule is Cc1cccc(NC(=O)C=Cc2ccccc2[N+](=O)[O-])n1. The van der Waals surface area contributed by atoms with Crippen LogP contribution in [0.3, 0.4) is 0 Å². The maximum absolute atomic E-state index is 11.8. The van der Waals surface area contributed by atoms with E-state index < -0.39 is 10.8 Å². The number of nitrogens with zero attached hydrogens (tertiary/aromatic N) is 2. The molecule has 0 aliphatic rings. The molecule has 1 N–H and O–H groups in total. The van der Waals surface area contributed by atoms with Gasteiger partial charge in [0, 0.05) is 17.8 Å². The zero-order valence-electron chi connectivity index (χ0n) is 11.3. The Morgan fingerprint density at radius 3 is 2.71 bits per heavy atom. The van der Waals surface area contributed by atoms with Crippen LogP contribution in [0.1, 0.15) is 11.3 Å². The highest BCUT2D eigenvalue weighted by molar-refractivity contribution is 6.01. The Balaban J connectivity index is 2.11. The van der Waals surface area contributed by atoms with E-state index in [1.807, 2.05) is 13.0 Å². The van der Waals surface area contributed by atoms with Crippen LogP contribution in [0.5, 0.6) is 0 Å². The minimum Gasteiger partial charge on any atom is -0.307 e. The number of hydrogen-bond acceptors (Lipinski definition) is 4. The predicted octanol–water partition coefficient (Wildman–Crippen LogP) is 2.95. The number of benzene rings is 1. The molecule has 1 aromatic heterocycles. The van der Waals surface area contributed by atoms with Crippen molar-refractivity contribution in [2.45, 2.75) is 6.92 Å². The molecule has 2 aromatic rings. The summed E-state index contributed by atoms with van der Waals surface area (Å²) in [5, 5.41) is 13.5. The molecule has 106 valence electrons. The van der Waals surface area contributed by atoms with Crippen LogP contribution in [0.15, 0.2) is 48.5 Å². The number of carbonyl (C=O) groups is 1. The van der Waals surface area contributed by atoms with E-state index in [1.54, 1.807) is 30.3 Å². The van der Waals surface area contributed by atoms with Crippen LogP contribution in [-0.4, -0.2) is 15.8 Å². The van der Waals surface area contributed by atoms with Crippen molar-refractivity contribution < 1.29 is 9.72 Å². The molecule has 0 fully saturated rings. The average molecular weight is 283 g/mol. The molecule has 0 spiro atoms. The molecule has 6 nitrogen and oxygen atoms in total. The van der Waals surface area contributed by atoms with Crippen LogP contribution in [-0.2, 0) is 4.79 Å². The molecule has 0 bridgehead atoms. The number of para-hydroxylation sites is 1. The van der Waals surface area contributed by atoms with E-state index in [-0.39, 0.29) is 5.69 Å². The maximum Gasteiger partial charge on any atom is 0.276 e. The third-order valence-corrected chi connectivity index (χ3v) is 2.69. The fraction of sp³-hybridized carbons (Fsp3) is 0.0667. The molecule has 0 unspecified atom stereocenters. The number of aryl methyl sites for hydroxylation is 1. The average Bonchev–Trinajstić information content (AvgIpc) is 2.45. The molecule has 0 aliphatic carbocycles. The van der Waals surface area contributed by atoms with E-state index in [9.17, 15) is 14.9 Å². The molecule has 2 rings (SSSR count). The normalized spacial score (nSPS) is 10.5. The first kappa shape index (κ1) is 14.4. The third-order valence-electron chi connectivity index (χ3n) is 2.69. The highest BCUT2D eigenvalue weighted by Gasteiger charge is 2.09. The number of carbonyl (C=O) groups excluding carboxylic acids is 1. The third kappa shape index (κ3) is 3.97. The first-order chi connectivity index (χ1) is 10.1. The topological polar surface area (TPSA) is 85.1 Å². The summed E-state index contributed by atoms with van der Waals surface area (Å²) in [5.74, 6) is 0.0402. The van der Waals surface area contributed by atoms with Crippen molar-refractivity contribution in [2.75, 3.05) is 5.32 Å². The smallest absolute Gasteiger partial charge is 0.276 e. The molecule has 0 saturated heterocycles. The van der Waals surface area contributed by atoms with Gasteiger partial charge in [-0.2, -0.15) is 0 Å². The molecule has 0 saturated carbocycles. The Morgan fingerprint density at radius 2 is 2.00 bits per heavy atom. The van der Waals surface area contributed by atoms with Crippen LogP contribution < -0.4 is 5.32 Å². The van der Waals surface area contributed by atoms with Crippen molar-refractivity contribution in [3.05, 3.63) is 69.9 Å². The van der Waals surface area contributed by atoms with Gasteiger partial charge in [0.1, 0.15) is 5.82 Å². The lowest BCUT2D eigenvalue weighted by Crippen LogP contribution is -2.09. The molecule has 0 radical (unpaired) electrons. The quantitative estimate of drug-likeness (QED) is 0.531. The lowest BCUT2D eigenvalue weighted by molar-refractivity contribution is -0.385. The predicted molar refractivity (Wildman–Crippen MR) is 79.7 cm³/mol. The Morgan fingerprint density at radius 1 is 1.24 bits per heavy atom. The number of aromatic nitrogens is 1. The zero-order chi connectivity index (χ0) is 15.2. The van der Waals surface area contributed by atoms with Crippen molar-refractivity contribution in [1.82, 2.24) is 4.98 Å². The number of amides is 1. The molecular formula is C15H13N3O3. The molecule has 0 atom stereocenters. The second-order valence-corrected chi connectivity index (χ2v) is 4.30. The first-order valence-electron chi connectivity index (χ1n) is 6.22. The van der Waals surface area contributed by atoms with Crippen LogP contribution in [0.25, 0.3) is 6.08 Å². The van der Waals surface area contributed by atoms with Gasteiger partial charge in [-0.3, -0.25) is 14.9 Å². The lowest BCUT2D eigenvalue weighted by atomic mass is 10.1. The summed E-state index contributed by atoms with van der Waals surface area (Å²) < 4.78 is 0. The summed E-state index contributed by atoms with van der Waals surface area (Å²) in [6.45, 7) is 1.82. The van der Waals surface area contributed by atoms with Gasteiger partial charge in [-0.1, -0.05) is 18.2 Å². The van der Waals surface area contributed by atoms with Gasteiger partial charge in [0.05, 0.1) is 10.5 Å². The Bertz CT molecular complexity index is 711. The van der Waals surface area contributed by atoms with Crippen molar-refractivity contribution in [1.29, 1.82) is 0 Å². The van der Waals surface area contributed by atoms with Crippen LogP contribution in [0.4, 0.5) is 11.5 Å². The zero-order valence-corrected chi connectivity index (χ0v) is 11.3. The number of nitrogens with one attached hydrogen (secondary N) is 1. The largest absolute Gasteiger partial charge is 0.307 e. The number of nitro benzene ring substituents is 1. The summed E-state index contributed by atoms with van der Waals surface area (Å²) >= 11 is 0. The molecule has 1 heterocycles. The van der Waals surface area contributed by atoms with Gasteiger partial charge in [-0.15, -0.1) is 0 Å². The van der Waals surface area contributed by atoms with Gasteiger partial charge in [0.2, 0.25) is 5.91 Å². The van der Waals surface area contributed by atoms with Gasteiger partial charge in [0.15, 0.2) is 0 Å². The van der Waals surface area contributed by atoms with E-state index in [1.165, 1.54) is 18.2 Å². The molecule has 21 heavy (non-hydrogen) atoms. The van der Waals surface area contributed by atoms with E-state index >= 15 is 0 Å². The first-order valence-corrected chi connectivity index (χ1v) is 6.22. The fourth-order valence-electron chi connectivity index (χ4n) is 1.74. The summed E-state index contributed by atoms with van der Waals surface area (Å²) in [6, 6.07) is 11.5. The molecular weight excluding hydrogens is 270 g/mol. The minimum atomic E-state index is -0.486. The second kappa shape index (κ2) is 6.42. The lowest BCUT2D eigenvalue weighted by Gasteiger charge is -2.01. The number of nitro groups is 1. The van der Waals surface area contributed by atoms with Crippen molar-refractivity contribution in [2.24, 2.45) is 0 Å². The second-order valence-electron chi connectivity index (χ2n) is 4.30. The van der Waals surface area contributed by atoms with Crippen molar-refractivity contribution >= 4 is 23.5 Å². The minimum absolute atomic E-state index is 0.0461. The van der Waals surface area contributed by atoms with Gasteiger partial charge in [-0.25, -0.2) is 4.98 Å². The van der Waals surface area contributed by atoms with Gasteiger partial charge < -0.3 is 5.32 Å². The fourth-order valence-corrected chi connectivity index (χ4v) is 1.74. The van der Waals surface area contributed by atoms with Crippen LogP contribution in [0, 0.1) is 17.0 Å². The van der Waals surface area contributed by atoms with E-state index in [0.29, 0.717) is 11.4 Å². The van der Waals surface area contributed by atoms with Crippen molar-refractivity contribution in [3.8, 4) is 0 Å². The Labute approximate surface area is 121 Å². The number of pyridine rings is 1. The molecule has 0 aliphatic heterocycles. The van der Waals surface area contributed by atoms with E-state index in [0.717, 1.165) is 5.69 Å². The van der Waals surface area contributed by atoms with Crippen molar-refractivity contribution in [3.63, 3.8) is 0 Å². The summed E-state index contributed by atoms with van der Waals surface area (Å²) in [6.07, 6.45) is 2.65. The van der Waals surface area contributed by atoms with Gasteiger partial charge in [0.25, 0.3) is 5.69 Å². The van der Waals surface area contributed by atoms with E-state index in [4.69, 9.17) is 0 Å². The highest BCUT2D eigenvalue weighted by atomic mass is 16.6. The number of hydrogen-bond donors (Lipinski definition) is 1. The summed E-state index contributed by atoms with van der Waals surface area (Å²) in [4.78, 5) is 26.3. The number of anilines is 1. The Kier molecular flexibility index (Phi) is 4.40. The van der Waals surface area contributed by atoms with Gasteiger partial charge in [-0.05, 0) is 31.2 Å². The number of rotatable bonds is 4. The summed E-state index contributed by atoms with van der Waals surface area (Å²) in [7, 11) is 0. The maximum atomic E-state index is 11.8. The molecule has 6 heteroatoms. The molecule has 1 aromatic carbocycles. The standard InChI is InChI=1S/C15H13N3O3/c1-11-5-4-8-14(16-11)17-15(19)10-9-12-6-2-3-7-13(12)18(20)21/h2-10H,1H3,(H,16,17,19). The Hall–Kier alpha value is -3.02. The van der Waals surface area contributed by atoms with Gasteiger partial charge >= 0.3 is 0 Å². The monoisotopic (exact) mass is 283 g/mol. The van der Waals surface area contributed by atoms with Crippen LogP contribution >= 0.6 is 0 Å². The van der Waals surface area contributed by atoms with E-state index in [2.05, 4.69) is 10.3 Å². The molecule has 1 amide bonds.